The van der Waals surface area contributed by atoms with Crippen LogP contribution in [0.3, 0.4) is 0 Å². The van der Waals surface area contributed by atoms with Gasteiger partial charge in [-0.05, 0) is 11.6 Å². The molecule has 0 spiro atoms. The van der Waals surface area contributed by atoms with Gasteiger partial charge in [-0.1, -0.05) is 17.7 Å². The maximum Gasteiger partial charge on any atom is 0.331 e. The lowest BCUT2D eigenvalue weighted by molar-refractivity contribution is 0.201. The molecule has 1 aromatic rings. The van der Waals surface area contributed by atoms with Gasteiger partial charge in [0.1, 0.15) is 5.15 Å². The van der Waals surface area contributed by atoms with E-state index in [1.54, 1.807) is 18.3 Å². The zero-order valence-electron chi connectivity index (χ0n) is 8.76. The number of rotatable bonds is 2. The molecule has 0 aliphatic carbocycles. The second kappa shape index (κ2) is 4.50. The highest BCUT2D eigenvalue weighted by Crippen LogP contribution is 2.10. The molecule has 1 fully saturated rings. The Hall–Kier alpha value is -1.34. The number of amides is 2. The lowest BCUT2D eigenvalue weighted by atomic mass is 10.2. The highest BCUT2D eigenvalue weighted by Gasteiger charge is 2.27. The summed E-state index contributed by atoms with van der Waals surface area (Å²) in [7, 11) is -3.44. The van der Waals surface area contributed by atoms with E-state index in [4.69, 9.17) is 11.6 Å². The first-order valence-electron chi connectivity index (χ1n) is 4.86. The third kappa shape index (κ3) is 3.07. The molecule has 1 aliphatic heterocycles. The summed E-state index contributed by atoms with van der Waals surface area (Å²) in [6, 6.07) is 2.76. The van der Waals surface area contributed by atoms with Gasteiger partial charge in [0, 0.05) is 19.3 Å². The molecule has 0 aromatic carbocycles. The number of hydrogen-bond acceptors (Lipinski definition) is 4. The Bertz CT molecular complexity index is 529. The van der Waals surface area contributed by atoms with Gasteiger partial charge in [0.05, 0.1) is 5.75 Å². The standard InChI is InChI=1S/C9H10ClN3O3S/c10-8-2-1-7(5-11-8)6-13-3-4-17(15,16)12-9(13)14/h1-2,5H,3-4,6H2,(H,12,14). The first-order valence-corrected chi connectivity index (χ1v) is 6.89. The number of nitrogens with zero attached hydrogens (tertiary/aromatic N) is 2. The van der Waals surface area contributed by atoms with Crippen LogP contribution < -0.4 is 4.72 Å². The van der Waals surface area contributed by atoms with Gasteiger partial charge in [0.25, 0.3) is 0 Å². The maximum atomic E-state index is 11.5. The summed E-state index contributed by atoms with van der Waals surface area (Å²) in [4.78, 5) is 16.8. The highest BCUT2D eigenvalue weighted by atomic mass is 35.5. The van der Waals surface area contributed by atoms with Crippen LogP contribution in [-0.4, -0.2) is 36.6 Å². The Kier molecular flexibility index (Phi) is 3.21. The number of aromatic nitrogens is 1. The average Bonchev–Trinajstić information content (AvgIpc) is 2.24. The molecule has 0 saturated carbocycles. The summed E-state index contributed by atoms with van der Waals surface area (Å²) >= 11 is 5.64. The third-order valence-corrected chi connectivity index (χ3v) is 3.75. The van der Waals surface area contributed by atoms with E-state index in [-0.39, 0.29) is 12.3 Å². The molecule has 1 aliphatic rings. The quantitative estimate of drug-likeness (QED) is 0.801. The number of sulfonamides is 1. The molecular weight excluding hydrogens is 266 g/mol. The van der Waals surface area contributed by atoms with E-state index in [1.807, 2.05) is 4.72 Å². The van der Waals surface area contributed by atoms with E-state index in [0.717, 1.165) is 5.56 Å². The highest BCUT2D eigenvalue weighted by molar-refractivity contribution is 7.90. The van der Waals surface area contributed by atoms with Gasteiger partial charge < -0.3 is 4.90 Å². The number of halogens is 1. The molecule has 0 atom stereocenters. The fraction of sp³-hybridized carbons (Fsp3) is 0.333. The molecule has 2 amide bonds. The predicted molar refractivity (Wildman–Crippen MR) is 62.0 cm³/mol. The smallest absolute Gasteiger partial charge is 0.319 e. The Morgan fingerprint density at radius 2 is 2.24 bits per heavy atom. The number of nitrogens with one attached hydrogen (secondary N) is 1. The van der Waals surface area contributed by atoms with Gasteiger partial charge in [-0.15, -0.1) is 0 Å². The summed E-state index contributed by atoms with van der Waals surface area (Å²) in [5.41, 5.74) is 0.795. The average molecular weight is 276 g/mol. The van der Waals surface area contributed by atoms with Crippen molar-refractivity contribution in [3.05, 3.63) is 29.0 Å². The molecule has 1 N–H and O–H groups in total. The van der Waals surface area contributed by atoms with Crippen LogP contribution in [0.4, 0.5) is 4.79 Å². The molecule has 1 saturated heterocycles. The van der Waals surface area contributed by atoms with Gasteiger partial charge in [-0.3, -0.25) is 0 Å². The fourth-order valence-corrected chi connectivity index (χ4v) is 2.52. The van der Waals surface area contributed by atoms with E-state index >= 15 is 0 Å². The fourth-order valence-electron chi connectivity index (χ4n) is 1.45. The van der Waals surface area contributed by atoms with Crippen molar-refractivity contribution < 1.29 is 13.2 Å². The molecule has 2 heterocycles. The number of pyridine rings is 1. The summed E-state index contributed by atoms with van der Waals surface area (Å²) in [5, 5.41) is 0.374. The lowest BCUT2D eigenvalue weighted by Gasteiger charge is -2.27. The molecule has 0 unspecified atom stereocenters. The normalized spacial score (nSPS) is 18.9. The topological polar surface area (TPSA) is 79.4 Å². The van der Waals surface area contributed by atoms with Crippen LogP contribution in [0.15, 0.2) is 18.3 Å². The van der Waals surface area contributed by atoms with Crippen molar-refractivity contribution in [1.29, 1.82) is 0 Å². The number of carbonyl (C=O) groups excluding carboxylic acids is 1. The van der Waals surface area contributed by atoms with Crippen LogP contribution in [-0.2, 0) is 16.6 Å². The maximum absolute atomic E-state index is 11.5. The number of urea groups is 1. The zero-order chi connectivity index (χ0) is 12.5. The van der Waals surface area contributed by atoms with E-state index < -0.39 is 16.1 Å². The Morgan fingerprint density at radius 1 is 1.47 bits per heavy atom. The van der Waals surface area contributed by atoms with Crippen LogP contribution in [0.1, 0.15) is 5.56 Å². The van der Waals surface area contributed by atoms with E-state index in [2.05, 4.69) is 4.98 Å². The van der Waals surface area contributed by atoms with Crippen molar-refractivity contribution in [1.82, 2.24) is 14.6 Å². The second-order valence-corrected chi connectivity index (χ2v) is 5.87. The molecule has 8 heteroatoms. The van der Waals surface area contributed by atoms with E-state index in [9.17, 15) is 13.2 Å². The molecule has 6 nitrogen and oxygen atoms in total. The van der Waals surface area contributed by atoms with Crippen LogP contribution in [0, 0.1) is 0 Å². The minimum absolute atomic E-state index is 0.0836. The first-order chi connectivity index (χ1) is 7.96. The predicted octanol–water partition coefficient (Wildman–Crippen LogP) is 0.590. The Labute approximate surface area is 104 Å². The first kappa shape index (κ1) is 12.1. The summed E-state index contributed by atoms with van der Waals surface area (Å²) < 4.78 is 24.2. The molecular formula is C9H10ClN3O3S. The van der Waals surface area contributed by atoms with Gasteiger partial charge in [-0.2, -0.15) is 0 Å². The molecule has 92 valence electrons. The van der Waals surface area contributed by atoms with Crippen molar-refractivity contribution in [2.45, 2.75) is 6.54 Å². The van der Waals surface area contributed by atoms with Gasteiger partial charge in [-0.25, -0.2) is 22.9 Å². The Balaban J connectivity index is 2.05. The van der Waals surface area contributed by atoms with Gasteiger partial charge in [0.2, 0.25) is 10.0 Å². The summed E-state index contributed by atoms with van der Waals surface area (Å²) in [5.74, 6) is -0.0836. The van der Waals surface area contributed by atoms with E-state index in [0.29, 0.717) is 11.7 Å². The van der Waals surface area contributed by atoms with Gasteiger partial charge in [0.15, 0.2) is 0 Å². The Morgan fingerprint density at radius 3 is 2.82 bits per heavy atom. The lowest BCUT2D eigenvalue weighted by Crippen LogP contribution is -2.51. The van der Waals surface area contributed by atoms with Crippen LogP contribution in [0.25, 0.3) is 0 Å². The molecule has 1 aromatic heterocycles. The number of carbonyl (C=O) groups is 1. The van der Waals surface area contributed by atoms with Crippen LogP contribution >= 0.6 is 11.6 Å². The molecule has 17 heavy (non-hydrogen) atoms. The zero-order valence-corrected chi connectivity index (χ0v) is 10.3. The van der Waals surface area contributed by atoms with Crippen molar-refractivity contribution in [3.63, 3.8) is 0 Å². The molecule has 2 rings (SSSR count). The van der Waals surface area contributed by atoms with Crippen molar-refractivity contribution in [3.8, 4) is 0 Å². The van der Waals surface area contributed by atoms with Crippen molar-refractivity contribution >= 4 is 27.7 Å². The van der Waals surface area contributed by atoms with E-state index in [1.165, 1.54) is 4.90 Å². The minimum Gasteiger partial charge on any atom is -0.319 e. The molecule has 0 radical (unpaired) electrons. The number of hydrogen-bond donors (Lipinski definition) is 1. The monoisotopic (exact) mass is 275 g/mol. The third-order valence-electron chi connectivity index (χ3n) is 2.32. The largest absolute Gasteiger partial charge is 0.331 e. The SMILES string of the molecule is O=C1NS(=O)(=O)CCN1Cc1ccc(Cl)nc1. The molecule has 0 bridgehead atoms. The second-order valence-electron chi connectivity index (χ2n) is 3.64. The van der Waals surface area contributed by atoms with Crippen LogP contribution in [0.5, 0.6) is 0 Å². The summed E-state index contributed by atoms with van der Waals surface area (Å²) in [6.45, 7) is 0.488. The van der Waals surface area contributed by atoms with Crippen molar-refractivity contribution in [2.24, 2.45) is 0 Å². The van der Waals surface area contributed by atoms with Gasteiger partial charge >= 0.3 is 6.03 Å². The summed E-state index contributed by atoms with van der Waals surface area (Å²) in [6.07, 6.45) is 1.55. The van der Waals surface area contributed by atoms with Crippen molar-refractivity contribution in [2.75, 3.05) is 12.3 Å². The van der Waals surface area contributed by atoms with Crippen LogP contribution in [0.2, 0.25) is 5.15 Å². The minimum atomic E-state index is -3.44.